The summed E-state index contributed by atoms with van der Waals surface area (Å²) in [5.41, 5.74) is 11.2. The largest absolute Gasteiger partial charge is 0.493 e. The highest BCUT2D eigenvalue weighted by atomic mass is 16.5. The van der Waals surface area contributed by atoms with Gasteiger partial charge < -0.3 is 15.2 Å². The fraction of sp³-hybridized carbons (Fsp3) is 0.360. The number of nitrogens with two attached hydrogens (primary N) is 1. The number of hydrogen-bond donors (Lipinski definition) is 1. The van der Waals surface area contributed by atoms with E-state index in [2.05, 4.69) is 42.1 Å². The predicted octanol–water partition coefficient (Wildman–Crippen LogP) is 3.93. The second-order valence-electron chi connectivity index (χ2n) is 8.77. The van der Waals surface area contributed by atoms with Gasteiger partial charge in [0.15, 0.2) is 11.5 Å². The molecule has 3 atom stereocenters. The topological polar surface area (TPSA) is 105 Å². The molecule has 8 heteroatoms. The van der Waals surface area contributed by atoms with Crippen LogP contribution in [0.15, 0.2) is 41.4 Å². The van der Waals surface area contributed by atoms with E-state index in [1.807, 2.05) is 18.2 Å². The lowest BCUT2D eigenvalue weighted by Gasteiger charge is -2.37. The Bertz CT molecular complexity index is 1280. The van der Waals surface area contributed by atoms with E-state index in [0.717, 1.165) is 22.4 Å². The molecule has 8 nitrogen and oxygen atoms in total. The number of ether oxygens (including phenoxy) is 2. The Morgan fingerprint density at radius 2 is 1.73 bits per heavy atom. The van der Waals surface area contributed by atoms with E-state index >= 15 is 0 Å². The SMILES string of the molecule is COc1ccc(C2CC(=O)C3C(=Nc4nc(N)nn4C3c3ccc(C)c(C)c3)C2)cc1OC. The monoisotopic (exact) mass is 445 g/mol. The van der Waals surface area contributed by atoms with Gasteiger partial charge in [0, 0.05) is 12.1 Å². The Morgan fingerprint density at radius 3 is 2.45 bits per heavy atom. The summed E-state index contributed by atoms with van der Waals surface area (Å²) in [7, 11) is 3.22. The van der Waals surface area contributed by atoms with Crippen LogP contribution in [-0.2, 0) is 4.79 Å². The first-order valence-corrected chi connectivity index (χ1v) is 11.0. The Morgan fingerprint density at radius 1 is 0.970 bits per heavy atom. The van der Waals surface area contributed by atoms with Crippen molar-refractivity contribution in [3.8, 4) is 11.5 Å². The summed E-state index contributed by atoms with van der Waals surface area (Å²) in [6, 6.07) is 11.8. The second-order valence-corrected chi connectivity index (χ2v) is 8.77. The molecule has 1 aliphatic carbocycles. The number of aromatic nitrogens is 3. The molecule has 1 aromatic heterocycles. The number of fused-ring (bicyclic) bond motifs is 2. The van der Waals surface area contributed by atoms with Crippen LogP contribution in [-0.4, -0.2) is 40.5 Å². The number of carbonyl (C=O) groups excluding carboxylic acids is 1. The van der Waals surface area contributed by atoms with Gasteiger partial charge in [-0.05, 0) is 60.6 Å². The molecule has 0 spiro atoms. The van der Waals surface area contributed by atoms with Crippen LogP contribution in [0.4, 0.5) is 11.9 Å². The molecule has 1 aliphatic heterocycles. The number of hydrogen-bond acceptors (Lipinski definition) is 7. The number of anilines is 1. The molecule has 5 rings (SSSR count). The second kappa shape index (κ2) is 8.03. The molecule has 2 N–H and O–H groups in total. The first kappa shape index (κ1) is 21.2. The zero-order valence-corrected chi connectivity index (χ0v) is 19.2. The summed E-state index contributed by atoms with van der Waals surface area (Å²) in [6.45, 7) is 4.15. The number of nitrogens with zero attached hydrogens (tertiary/aromatic N) is 4. The number of aliphatic imine (C=N–C) groups is 1. The van der Waals surface area contributed by atoms with Gasteiger partial charge in [-0.15, -0.1) is 5.10 Å². The number of carbonyl (C=O) groups is 1. The lowest BCUT2D eigenvalue weighted by atomic mass is 9.71. The molecule has 170 valence electrons. The minimum atomic E-state index is -0.392. The van der Waals surface area contributed by atoms with Gasteiger partial charge in [0.05, 0.1) is 26.2 Å². The third kappa shape index (κ3) is 3.55. The fourth-order valence-corrected chi connectivity index (χ4v) is 4.97. The van der Waals surface area contributed by atoms with Gasteiger partial charge in [-0.2, -0.15) is 4.98 Å². The minimum Gasteiger partial charge on any atom is -0.493 e. The normalized spacial score (nSPS) is 21.8. The van der Waals surface area contributed by atoms with E-state index in [-0.39, 0.29) is 23.7 Å². The summed E-state index contributed by atoms with van der Waals surface area (Å²) in [5.74, 6) is 1.66. The quantitative estimate of drug-likeness (QED) is 0.652. The van der Waals surface area contributed by atoms with Gasteiger partial charge >= 0.3 is 0 Å². The van der Waals surface area contributed by atoms with Crippen molar-refractivity contribution in [2.45, 2.75) is 38.6 Å². The number of nitrogen functional groups attached to an aromatic ring is 1. The van der Waals surface area contributed by atoms with Crippen LogP contribution in [0, 0.1) is 19.8 Å². The van der Waals surface area contributed by atoms with Gasteiger partial charge in [0.25, 0.3) is 0 Å². The highest BCUT2D eigenvalue weighted by Crippen LogP contribution is 2.45. The number of rotatable bonds is 4. The standard InChI is InChI=1S/C25H27N5O3/c1-13-5-6-16(9-14(13)2)23-22-18(27-25-28-24(26)29-30(23)25)10-17(11-19(22)31)15-7-8-20(32-3)21(12-15)33-4/h5-9,12,17,22-23H,10-11H2,1-4H3,(H2,26,29). The maximum atomic E-state index is 13.6. The van der Waals surface area contributed by atoms with Crippen molar-refractivity contribution in [2.24, 2.45) is 10.9 Å². The summed E-state index contributed by atoms with van der Waals surface area (Å²) in [5, 5.41) is 4.40. The summed E-state index contributed by atoms with van der Waals surface area (Å²) < 4.78 is 12.5. The highest BCUT2D eigenvalue weighted by Gasteiger charge is 2.45. The number of aryl methyl sites for hydroxylation is 2. The highest BCUT2D eigenvalue weighted by molar-refractivity contribution is 6.10. The first-order valence-electron chi connectivity index (χ1n) is 11.0. The van der Waals surface area contributed by atoms with E-state index < -0.39 is 5.92 Å². The molecule has 0 bridgehead atoms. The molecular weight excluding hydrogens is 418 g/mol. The molecule has 3 unspecified atom stereocenters. The smallest absolute Gasteiger partial charge is 0.250 e. The van der Waals surface area contributed by atoms with Crippen molar-refractivity contribution in [1.82, 2.24) is 14.8 Å². The zero-order valence-electron chi connectivity index (χ0n) is 19.2. The van der Waals surface area contributed by atoms with Gasteiger partial charge in [-0.1, -0.05) is 24.3 Å². The van der Waals surface area contributed by atoms with Crippen LogP contribution in [0.3, 0.4) is 0 Å². The lowest BCUT2D eigenvalue weighted by Crippen LogP contribution is -2.41. The van der Waals surface area contributed by atoms with Gasteiger partial charge in [-0.25, -0.2) is 9.67 Å². The Labute approximate surface area is 192 Å². The Balaban J connectivity index is 1.56. The van der Waals surface area contributed by atoms with Crippen LogP contribution in [0.25, 0.3) is 0 Å². The molecule has 3 aromatic rings. The molecule has 0 amide bonds. The summed E-state index contributed by atoms with van der Waals surface area (Å²) in [4.78, 5) is 22.7. The van der Waals surface area contributed by atoms with Crippen molar-refractivity contribution in [1.29, 1.82) is 0 Å². The molecule has 2 aliphatic rings. The van der Waals surface area contributed by atoms with E-state index in [9.17, 15) is 4.79 Å². The summed E-state index contributed by atoms with van der Waals surface area (Å²) in [6.07, 6.45) is 1.07. The van der Waals surface area contributed by atoms with Crippen molar-refractivity contribution in [2.75, 3.05) is 20.0 Å². The molecule has 0 radical (unpaired) electrons. The van der Waals surface area contributed by atoms with Crippen molar-refractivity contribution in [3.63, 3.8) is 0 Å². The molecular formula is C25H27N5O3. The molecule has 33 heavy (non-hydrogen) atoms. The average Bonchev–Trinajstić information content (AvgIpc) is 3.18. The van der Waals surface area contributed by atoms with Gasteiger partial charge in [0.1, 0.15) is 5.78 Å². The summed E-state index contributed by atoms with van der Waals surface area (Å²) >= 11 is 0. The number of benzene rings is 2. The molecule has 2 heterocycles. The average molecular weight is 446 g/mol. The molecule has 0 saturated heterocycles. The number of methoxy groups -OCH3 is 2. The number of ketones is 1. The molecule has 1 saturated carbocycles. The first-order chi connectivity index (χ1) is 15.9. The Kier molecular flexibility index (Phi) is 5.15. The predicted molar refractivity (Wildman–Crippen MR) is 126 cm³/mol. The third-order valence-corrected chi connectivity index (χ3v) is 6.81. The van der Waals surface area contributed by atoms with Crippen LogP contribution in [0.5, 0.6) is 11.5 Å². The lowest BCUT2D eigenvalue weighted by molar-refractivity contribution is -0.122. The van der Waals surface area contributed by atoms with Crippen molar-refractivity contribution < 1.29 is 14.3 Å². The van der Waals surface area contributed by atoms with Crippen LogP contribution >= 0.6 is 0 Å². The van der Waals surface area contributed by atoms with E-state index in [0.29, 0.717) is 30.3 Å². The molecule has 1 fully saturated rings. The minimum absolute atomic E-state index is 0.000437. The van der Waals surface area contributed by atoms with Gasteiger partial charge in [0.2, 0.25) is 11.9 Å². The number of Topliss-reactive ketones (excluding diaryl/α,β-unsaturated/α-hetero) is 1. The fourth-order valence-electron chi connectivity index (χ4n) is 4.97. The maximum absolute atomic E-state index is 13.6. The van der Waals surface area contributed by atoms with Crippen LogP contribution in [0.2, 0.25) is 0 Å². The maximum Gasteiger partial charge on any atom is 0.250 e. The van der Waals surface area contributed by atoms with Gasteiger partial charge in [-0.3, -0.25) is 4.79 Å². The zero-order chi connectivity index (χ0) is 23.3. The van der Waals surface area contributed by atoms with E-state index in [4.69, 9.17) is 20.2 Å². The van der Waals surface area contributed by atoms with Crippen LogP contribution < -0.4 is 15.2 Å². The third-order valence-electron chi connectivity index (χ3n) is 6.81. The van der Waals surface area contributed by atoms with E-state index in [1.54, 1.807) is 18.9 Å². The molecule has 2 aromatic carbocycles. The van der Waals surface area contributed by atoms with Crippen LogP contribution in [0.1, 0.15) is 47.1 Å². The van der Waals surface area contributed by atoms with E-state index in [1.165, 1.54) is 5.56 Å². The Hall–Kier alpha value is -3.68. The van der Waals surface area contributed by atoms with Crippen molar-refractivity contribution in [3.05, 3.63) is 58.7 Å². The van der Waals surface area contributed by atoms with Crippen molar-refractivity contribution >= 4 is 23.4 Å².